The summed E-state index contributed by atoms with van der Waals surface area (Å²) >= 11 is 0. The number of fused-ring (bicyclic) bond motifs is 2. The van der Waals surface area contributed by atoms with Crippen LogP contribution in [0.25, 0.3) is 22.1 Å². The van der Waals surface area contributed by atoms with E-state index in [9.17, 15) is 33.6 Å². The molecule has 0 atom stereocenters. The SMILES string of the molecule is COc1cc(C(N)=O)cc2nc(NC(=O)c3cc(C)on3)n(C/C=C/Cn3c(NC(=O)c4cc(C)on4)nc4cc(C(N)=O)cc(OCCCN(C)C(=O)CCN5C(=O)C=CC5=O)c43)c12. The number of benzene rings is 2. The molecule has 2 aromatic carbocycles. The van der Waals surface area contributed by atoms with Crippen molar-refractivity contribution >= 4 is 75.3 Å². The molecule has 6 N–H and O–H groups in total. The fraction of sp³-hybridized carbons (Fsp3) is 0.262. The second-order valence-corrected chi connectivity index (χ2v) is 14.7. The number of aromatic nitrogens is 6. The maximum Gasteiger partial charge on any atom is 0.280 e. The predicted molar refractivity (Wildman–Crippen MR) is 229 cm³/mol. The Morgan fingerprint density at radius 1 is 0.754 bits per heavy atom. The number of primary amides is 2. The molecule has 0 aliphatic carbocycles. The van der Waals surface area contributed by atoms with Crippen molar-refractivity contribution in [3.05, 3.63) is 94.7 Å². The maximum atomic E-state index is 13.4. The molecule has 7 amide bonds. The first-order valence-electron chi connectivity index (χ1n) is 19.9. The lowest BCUT2D eigenvalue weighted by molar-refractivity contribution is -0.138. The van der Waals surface area contributed by atoms with Gasteiger partial charge in [0.2, 0.25) is 29.6 Å². The molecule has 336 valence electrons. The van der Waals surface area contributed by atoms with Crippen LogP contribution in [0.15, 0.2) is 69.7 Å². The van der Waals surface area contributed by atoms with Gasteiger partial charge < -0.3 is 44.0 Å². The van der Waals surface area contributed by atoms with E-state index in [1.807, 2.05) is 0 Å². The van der Waals surface area contributed by atoms with Gasteiger partial charge in [0.15, 0.2) is 11.4 Å². The van der Waals surface area contributed by atoms with E-state index in [0.29, 0.717) is 34.5 Å². The molecule has 0 saturated carbocycles. The monoisotopic (exact) mass is 890 g/mol. The predicted octanol–water partition coefficient (Wildman–Crippen LogP) is 2.49. The van der Waals surface area contributed by atoms with Crippen LogP contribution in [0.1, 0.15) is 66.1 Å². The molecule has 23 heteroatoms. The van der Waals surface area contributed by atoms with Crippen LogP contribution in [0.3, 0.4) is 0 Å². The number of carbonyl (C=O) groups excluding carboxylic acids is 7. The standard InChI is InChI=1S/C42H42N12O11/c1-22-16-28(49-64-22)39(60)47-41-45-26-18-24(37(43)58)20-30(62-4)35(26)53(41)12-5-6-13-54-36-27(46-42(54)48-40(61)29-17-23(2)65-50-29)19-25(38(44)59)21-31(36)63-15-7-11-51(3)32(55)10-14-52-33(56)8-9-34(52)57/h5-6,8-9,16-21H,7,10-15H2,1-4H3,(H2,43,58)(H2,44,59)(H,45,47,60)(H,46,48,61)/b6-5+. The topological polar surface area (TPSA) is 308 Å². The van der Waals surface area contributed by atoms with E-state index in [2.05, 4.69) is 30.9 Å². The number of anilines is 2. The van der Waals surface area contributed by atoms with Crippen molar-refractivity contribution in [1.82, 2.24) is 39.2 Å². The van der Waals surface area contributed by atoms with E-state index >= 15 is 0 Å². The van der Waals surface area contributed by atoms with Gasteiger partial charge in [0.1, 0.15) is 34.1 Å². The lowest BCUT2D eigenvalue weighted by Gasteiger charge is -2.19. The van der Waals surface area contributed by atoms with E-state index in [-0.39, 0.29) is 96.5 Å². The fourth-order valence-corrected chi connectivity index (χ4v) is 6.85. The number of aryl methyl sites for hydroxylation is 2. The zero-order valence-electron chi connectivity index (χ0n) is 35.4. The zero-order chi connectivity index (χ0) is 46.5. The summed E-state index contributed by atoms with van der Waals surface area (Å²) in [4.78, 5) is 99.5. The highest BCUT2D eigenvalue weighted by molar-refractivity contribution is 6.13. The van der Waals surface area contributed by atoms with E-state index < -0.39 is 35.4 Å². The van der Waals surface area contributed by atoms with E-state index in [0.717, 1.165) is 17.1 Å². The fourth-order valence-electron chi connectivity index (χ4n) is 6.85. The minimum absolute atomic E-state index is 0.00478. The van der Waals surface area contributed by atoms with E-state index in [4.69, 9.17) is 30.0 Å². The summed E-state index contributed by atoms with van der Waals surface area (Å²) in [5.41, 5.74) is 12.8. The molecule has 0 spiro atoms. The number of nitrogens with zero attached hydrogens (tertiary/aromatic N) is 8. The highest BCUT2D eigenvalue weighted by Gasteiger charge is 2.26. The molecule has 65 heavy (non-hydrogen) atoms. The van der Waals surface area contributed by atoms with E-state index in [1.54, 1.807) is 42.2 Å². The molecule has 4 aromatic heterocycles. The number of carbonyl (C=O) groups is 7. The van der Waals surface area contributed by atoms with Gasteiger partial charge >= 0.3 is 0 Å². The van der Waals surface area contributed by atoms with E-state index in [1.165, 1.54) is 48.4 Å². The molecule has 0 saturated heterocycles. The number of amides is 7. The Balaban J connectivity index is 1.17. The first kappa shape index (κ1) is 44.4. The lowest BCUT2D eigenvalue weighted by atomic mass is 10.1. The Morgan fingerprint density at radius 3 is 1.71 bits per heavy atom. The summed E-state index contributed by atoms with van der Waals surface area (Å²) in [7, 11) is 3.00. The summed E-state index contributed by atoms with van der Waals surface area (Å²) in [6.45, 7) is 3.63. The highest BCUT2D eigenvalue weighted by Crippen LogP contribution is 2.33. The molecule has 1 aliphatic heterocycles. The molecule has 5 heterocycles. The molecule has 6 aromatic rings. The number of hydrogen-bond donors (Lipinski definition) is 4. The number of imide groups is 1. The Hall–Kier alpha value is -8.63. The molecule has 0 fully saturated rings. The van der Waals surface area contributed by atoms with Crippen molar-refractivity contribution in [1.29, 1.82) is 0 Å². The first-order valence-corrected chi connectivity index (χ1v) is 19.9. The minimum atomic E-state index is -0.766. The number of rotatable bonds is 19. The third-order valence-electron chi connectivity index (χ3n) is 10.1. The van der Waals surface area contributed by atoms with Crippen molar-refractivity contribution < 1.29 is 52.1 Å². The van der Waals surface area contributed by atoms with Crippen molar-refractivity contribution in [2.24, 2.45) is 11.5 Å². The van der Waals surface area contributed by atoms with Crippen molar-refractivity contribution in [2.75, 3.05) is 44.5 Å². The Morgan fingerprint density at radius 2 is 1.25 bits per heavy atom. The van der Waals surface area contributed by atoms with Crippen LogP contribution in [0.5, 0.6) is 11.5 Å². The van der Waals surface area contributed by atoms with Crippen molar-refractivity contribution in [3.63, 3.8) is 0 Å². The number of nitrogens with one attached hydrogen (secondary N) is 2. The molecule has 0 radical (unpaired) electrons. The van der Waals surface area contributed by atoms with Gasteiger partial charge in [-0.25, -0.2) is 9.97 Å². The number of allylic oxidation sites excluding steroid dienone is 2. The van der Waals surface area contributed by atoms with Gasteiger partial charge in [-0.3, -0.25) is 49.1 Å². The van der Waals surface area contributed by atoms with Gasteiger partial charge in [0.25, 0.3) is 23.6 Å². The number of nitrogens with two attached hydrogens (primary N) is 2. The number of methoxy groups -OCH3 is 1. The van der Waals surface area contributed by atoms with Crippen LogP contribution < -0.4 is 31.6 Å². The molecule has 0 unspecified atom stereocenters. The largest absolute Gasteiger partial charge is 0.494 e. The summed E-state index contributed by atoms with van der Waals surface area (Å²) in [5, 5.41) is 13.1. The Labute approximate surface area is 367 Å². The smallest absolute Gasteiger partial charge is 0.280 e. The maximum absolute atomic E-state index is 13.4. The number of hydrogen-bond acceptors (Lipinski definition) is 15. The van der Waals surface area contributed by atoms with Gasteiger partial charge in [-0.15, -0.1) is 0 Å². The summed E-state index contributed by atoms with van der Waals surface area (Å²) < 4.78 is 25.3. The lowest BCUT2D eigenvalue weighted by Crippen LogP contribution is -2.36. The number of imidazole rings is 2. The average Bonchev–Trinajstić information content (AvgIpc) is 4.11. The average molecular weight is 891 g/mol. The van der Waals surface area contributed by atoms with Gasteiger partial charge in [-0.2, -0.15) is 0 Å². The molecule has 0 bridgehead atoms. The van der Waals surface area contributed by atoms with Gasteiger partial charge in [-0.05, 0) is 44.5 Å². The zero-order valence-corrected chi connectivity index (χ0v) is 35.4. The summed E-state index contributed by atoms with van der Waals surface area (Å²) in [5.74, 6) is -2.61. The molecule has 1 aliphatic rings. The summed E-state index contributed by atoms with van der Waals surface area (Å²) in [6.07, 6.45) is 6.06. The second kappa shape index (κ2) is 18.8. The quantitative estimate of drug-likeness (QED) is 0.0516. The molecular formula is C42H42N12O11. The number of ether oxygens (including phenoxy) is 2. The Kier molecular flexibility index (Phi) is 12.8. The highest BCUT2D eigenvalue weighted by atomic mass is 16.5. The van der Waals surface area contributed by atoms with Gasteiger partial charge in [0.05, 0.1) is 24.8 Å². The van der Waals surface area contributed by atoms with Crippen molar-refractivity contribution in [3.8, 4) is 11.5 Å². The minimum Gasteiger partial charge on any atom is -0.494 e. The van der Waals surface area contributed by atoms with Crippen molar-refractivity contribution in [2.45, 2.75) is 39.8 Å². The van der Waals surface area contributed by atoms with Crippen LogP contribution >= 0.6 is 0 Å². The third kappa shape index (κ3) is 9.72. The Bertz CT molecular complexity index is 2940. The van der Waals surface area contributed by atoms with Crippen LogP contribution in [-0.2, 0) is 27.5 Å². The first-order chi connectivity index (χ1) is 31.1. The second-order valence-electron chi connectivity index (χ2n) is 14.7. The van der Waals surface area contributed by atoms with Crippen LogP contribution in [-0.4, -0.2) is 114 Å². The van der Waals surface area contributed by atoms with Crippen LogP contribution in [0.4, 0.5) is 11.9 Å². The molecule has 7 rings (SSSR count). The normalized spacial score (nSPS) is 12.5. The molecular weight excluding hydrogens is 849 g/mol. The summed E-state index contributed by atoms with van der Waals surface area (Å²) in [6, 6.07) is 8.73. The molecule has 23 nitrogen and oxygen atoms in total. The van der Waals surface area contributed by atoms with Gasteiger partial charge in [-0.1, -0.05) is 22.5 Å². The van der Waals surface area contributed by atoms with Crippen LogP contribution in [0, 0.1) is 13.8 Å². The van der Waals surface area contributed by atoms with Crippen LogP contribution in [0.2, 0.25) is 0 Å². The van der Waals surface area contributed by atoms with Gasteiger partial charge in [0, 0.05) is 75.1 Å². The third-order valence-corrected chi connectivity index (χ3v) is 10.1.